The summed E-state index contributed by atoms with van der Waals surface area (Å²) in [7, 11) is 0. The van der Waals surface area contributed by atoms with Gasteiger partial charge >= 0.3 is 0 Å². The van der Waals surface area contributed by atoms with E-state index in [9.17, 15) is 13.6 Å². The minimum Gasteiger partial charge on any atom is -0.299 e. The Morgan fingerprint density at radius 3 is 2.36 bits per heavy atom. The smallest absolute Gasteiger partial charge is 0.252 e. The lowest BCUT2D eigenvalue weighted by molar-refractivity contribution is -0.122. The summed E-state index contributed by atoms with van der Waals surface area (Å²) in [5.74, 6) is -3.35. The molecule has 1 fully saturated rings. The van der Waals surface area contributed by atoms with Gasteiger partial charge in [-0.15, -0.1) is 0 Å². The number of ketones is 1. The molecule has 1 saturated carbocycles. The van der Waals surface area contributed by atoms with Crippen LogP contribution in [0, 0.1) is 11.8 Å². The van der Waals surface area contributed by atoms with E-state index in [1.807, 2.05) is 0 Å². The van der Waals surface area contributed by atoms with Crippen LogP contribution in [0.15, 0.2) is 0 Å². The van der Waals surface area contributed by atoms with E-state index >= 15 is 0 Å². The average molecular weight is 162 g/mol. The van der Waals surface area contributed by atoms with E-state index in [1.165, 1.54) is 0 Å². The first-order valence-electron chi connectivity index (χ1n) is 3.84. The van der Waals surface area contributed by atoms with E-state index in [4.69, 9.17) is 0 Å². The van der Waals surface area contributed by atoms with Crippen LogP contribution in [-0.2, 0) is 4.79 Å². The number of Topliss-reactive ketones (excluding diaryl/α,β-unsaturated/α-hetero) is 1. The summed E-state index contributed by atoms with van der Waals surface area (Å²) in [4.78, 5) is 10.9. The summed E-state index contributed by atoms with van der Waals surface area (Å²) in [5, 5.41) is 0. The van der Waals surface area contributed by atoms with Gasteiger partial charge in [-0.1, -0.05) is 13.8 Å². The first kappa shape index (κ1) is 8.62. The minimum absolute atomic E-state index is 0.0489. The zero-order chi connectivity index (χ0) is 8.65. The fourth-order valence-electron chi connectivity index (χ4n) is 0.970. The van der Waals surface area contributed by atoms with Crippen LogP contribution < -0.4 is 0 Å². The zero-order valence-electron chi connectivity index (χ0n) is 6.73. The van der Waals surface area contributed by atoms with Crippen LogP contribution in [0.2, 0.25) is 0 Å². The Balaban J connectivity index is 2.29. The third-order valence-corrected chi connectivity index (χ3v) is 2.05. The van der Waals surface area contributed by atoms with Crippen LogP contribution in [-0.4, -0.2) is 11.7 Å². The number of carbonyl (C=O) groups is 1. The summed E-state index contributed by atoms with van der Waals surface area (Å²) < 4.78 is 24.5. The molecular weight excluding hydrogens is 150 g/mol. The molecular formula is C8H12F2O. The molecule has 0 heterocycles. The minimum atomic E-state index is -2.54. The van der Waals surface area contributed by atoms with E-state index in [2.05, 4.69) is 0 Å². The maximum atomic E-state index is 12.3. The topological polar surface area (TPSA) is 17.1 Å². The van der Waals surface area contributed by atoms with Gasteiger partial charge in [0.2, 0.25) is 0 Å². The summed E-state index contributed by atoms with van der Waals surface area (Å²) in [6.45, 7) is 3.48. The van der Waals surface area contributed by atoms with Gasteiger partial charge in [0.25, 0.3) is 5.92 Å². The standard InChI is InChI=1S/C8H12F2O/c1-5(2)7(11)3-6-4-8(6,9)10/h5-6H,3-4H2,1-2H3/t6-/m1/s1. The predicted octanol–water partition coefficient (Wildman–Crippen LogP) is 2.26. The quantitative estimate of drug-likeness (QED) is 0.622. The molecule has 0 bridgehead atoms. The number of rotatable bonds is 3. The maximum absolute atomic E-state index is 12.3. The van der Waals surface area contributed by atoms with Crippen LogP contribution >= 0.6 is 0 Å². The molecule has 0 radical (unpaired) electrons. The van der Waals surface area contributed by atoms with Gasteiger partial charge in [0, 0.05) is 24.7 Å². The lowest BCUT2D eigenvalue weighted by Gasteiger charge is -2.01. The van der Waals surface area contributed by atoms with Gasteiger partial charge < -0.3 is 0 Å². The van der Waals surface area contributed by atoms with E-state index in [0.717, 1.165) is 0 Å². The summed E-state index contributed by atoms with van der Waals surface area (Å²) in [6, 6.07) is 0. The fraction of sp³-hybridized carbons (Fsp3) is 0.875. The normalized spacial score (nSPS) is 27.2. The van der Waals surface area contributed by atoms with Crippen molar-refractivity contribution in [2.45, 2.75) is 32.6 Å². The van der Waals surface area contributed by atoms with Gasteiger partial charge in [0.1, 0.15) is 5.78 Å². The Bertz CT molecular complexity index is 175. The van der Waals surface area contributed by atoms with Crippen molar-refractivity contribution in [2.75, 3.05) is 0 Å². The number of hydrogen-bond donors (Lipinski definition) is 0. The molecule has 64 valence electrons. The van der Waals surface area contributed by atoms with Crippen molar-refractivity contribution in [2.24, 2.45) is 11.8 Å². The van der Waals surface area contributed by atoms with Crippen molar-refractivity contribution in [1.82, 2.24) is 0 Å². The number of carbonyl (C=O) groups excluding carboxylic acids is 1. The fourth-order valence-corrected chi connectivity index (χ4v) is 0.970. The molecule has 1 nitrogen and oxygen atoms in total. The second-order valence-corrected chi connectivity index (χ2v) is 3.49. The first-order valence-corrected chi connectivity index (χ1v) is 3.84. The molecule has 1 aliphatic carbocycles. The average Bonchev–Trinajstić information content (AvgIpc) is 2.39. The van der Waals surface area contributed by atoms with Gasteiger partial charge in [-0.25, -0.2) is 8.78 Å². The lowest BCUT2D eigenvalue weighted by Crippen LogP contribution is -2.09. The van der Waals surface area contributed by atoms with Crippen LogP contribution in [0.3, 0.4) is 0 Å². The van der Waals surface area contributed by atoms with Crippen molar-refractivity contribution in [1.29, 1.82) is 0 Å². The monoisotopic (exact) mass is 162 g/mol. The van der Waals surface area contributed by atoms with Crippen LogP contribution in [0.4, 0.5) is 8.78 Å². The third kappa shape index (κ3) is 1.98. The molecule has 0 aromatic heterocycles. The third-order valence-electron chi connectivity index (χ3n) is 2.05. The van der Waals surface area contributed by atoms with Crippen molar-refractivity contribution < 1.29 is 13.6 Å². The van der Waals surface area contributed by atoms with Crippen molar-refractivity contribution >= 4 is 5.78 Å². The van der Waals surface area contributed by atoms with Gasteiger partial charge in [-0.2, -0.15) is 0 Å². The van der Waals surface area contributed by atoms with Gasteiger partial charge in [-0.05, 0) is 0 Å². The highest BCUT2D eigenvalue weighted by atomic mass is 19.3. The highest BCUT2D eigenvalue weighted by molar-refractivity contribution is 5.80. The molecule has 0 aromatic carbocycles. The largest absolute Gasteiger partial charge is 0.299 e. The van der Waals surface area contributed by atoms with Crippen LogP contribution in [0.25, 0.3) is 0 Å². The molecule has 0 aromatic rings. The first-order chi connectivity index (χ1) is 4.93. The lowest BCUT2D eigenvalue weighted by atomic mass is 10.0. The van der Waals surface area contributed by atoms with Crippen LogP contribution in [0.5, 0.6) is 0 Å². The molecule has 0 unspecified atom stereocenters. The predicted molar refractivity (Wildman–Crippen MR) is 37.5 cm³/mol. The molecule has 1 rings (SSSR count). The van der Waals surface area contributed by atoms with Gasteiger partial charge in [-0.3, -0.25) is 4.79 Å². The Kier molecular flexibility index (Phi) is 1.99. The van der Waals surface area contributed by atoms with E-state index < -0.39 is 11.8 Å². The molecule has 3 heteroatoms. The van der Waals surface area contributed by atoms with E-state index in [1.54, 1.807) is 13.8 Å². The molecule has 0 amide bonds. The van der Waals surface area contributed by atoms with Crippen LogP contribution in [0.1, 0.15) is 26.7 Å². The number of halogens is 2. The van der Waals surface area contributed by atoms with E-state index in [-0.39, 0.29) is 24.5 Å². The number of alkyl halides is 2. The molecule has 0 spiro atoms. The maximum Gasteiger partial charge on any atom is 0.252 e. The van der Waals surface area contributed by atoms with Crippen molar-refractivity contribution in [3.63, 3.8) is 0 Å². The highest BCUT2D eigenvalue weighted by Gasteiger charge is 2.57. The number of hydrogen-bond acceptors (Lipinski definition) is 1. The van der Waals surface area contributed by atoms with Gasteiger partial charge in [0.05, 0.1) is 0 Å². The van der Waals surface area contributed by atoms with Gasteiger partial charge in [0.15, 0.2) is 0 Å². The highest BCUT2D eigenvalue weighted by Crippen LogP contribution is 2.50. The second-order valence-electron chi connectivity index (χ2n) is 3.49. The van der Waals surface area contributed by atoms with Crippen molar-refractivity contribution in [3.05, 3.63) is 0 Å². The molecule has 0 saturated heterocycles. The molecule has 1 aliphatic rings. The Morgan fingerprint density at radius 1 is 1.64 bits per heavy atom. The van der Waals surface area contributed by atoms with E-state index in [0.29, 0.717) is 0 Å². The van der Waals surface area contributed by atoms with Crippen molar-refractivity contribution in [3.8, 4) is 0 Å². The molecule has 0 N–H and O–H groups in total. The zero-order valence-corrected chi connectivity index (χ0v) is 6.73. The summed E-state index contributed by atoms with van der Waals surface area (Å²) in [5.41, 5.74) is 0. The Labute approximate surface area is 64.8 Å². The second kappa shape index (κ2) is 2.54. The Morgan fingerprint density at radius 2 is 2.09 bits per heavy atom. The molecule has 11 heavy (non-hydrogen) atoms. The SMILES string of the molecule is CC(C)C(=O)C[C@@H]1CC1(F)F. The Hall–Kier alpha value is -0.470. The summed E-state index contributed by atoms with van der Waals surface area (Å²) >= 11 is 0. The summed E-state index contributed by atoms with van der Waals surface area (Å²) in [6.07, 6.45) is -0.0316. The molecule has 1 atom stereocenters. The molecule has 0 aliphatic heterocycles.